The number of rotatable bonds is 2. The number of hydrogen-bond acceptors (Lipinski definition) is 3. The Hall–Kier alpha value is -1.30. The van der Waals surface area contributed by atoms with Gasteiger partial charge in [0, 0.05) is 26.2 Å². The largest absolute Gasteiger partial charge is 0.465 e. The molecule has 0 aliphatic carbocycles. The Morgan fingerprint density at radius 2 is 1.86 bits per heavy atom. The molecule has 6 nitrogen and oxygen atoms in total. The zero-order chi connectivity index (χ0) is 10.6. The molecule has 6 heteroatoms. The van der Waals surface area contributed by atoms with Crippen LogP contribution in [0.4, 0.5) is 4.79 Å². The van der Waals surface area contributed by atoms with E-state index in [2.05, 4.69) is 10.2 Å². The van der Waals surface area contributed by atoms with Gasteiger partial charge in [-0.25, -0.2) is 4.79 Å². The predicted molar refractivity (Wildman–Crippen MR) is 50.1 cm³/mol. The van der Waals surface area contributed by atoms with Crippen molar-refractivity contribution in [3.8, 4) is 0 Å². The van der Waals surface area contributed by atoms with Gasteiger partial charge < -0.3 is 20.2 Å². The summed E-state index contributed by atoms with van der Waals surface area (Å²) in [6, 6.07) is 0. The van der Waals surface area contributed by atoms with Crippen molar-refractivity contribution in [3.05, 3.63) is 0 Å². The Morgan fingerprint density at radius 1 is 1.29 bits per heavy atom. The molecule has 0 aromatic carbocycles. The van der Waals surface area contributed by atoms with Crippen molar-refractivity contribution in [1.29, 1.82) is 0 Å². The standard InChI is InChI=1S/C8H15N3O3/c1-10-2-4-11(5-3-10)7(12)6-9-8(13)14/h9H,2-6H2,1H3,(H,13,14). The monoisotopic (exact) mass is 201 g/mol. The van der Waals surface area contributed by atoms with Gasteiger partial charge in [-0.3, -0.25) is 4.79 Å². The third kappa shape index (κ3) is 3.21. The van der Waals surface area contributed by atoms with Crippen molar-refractivity contribution in [2.45, 2.75) is 0 Å². The second kappa shape index (κ2) is 4.80. The summed E-state index contributed by atoms with van der Waals surface area (Å²) in [6.07, 6.45) is -1.16. The molecule has 0 aromatic heterocycles. The van der Waals surface area contributed by atoms with Crippen molar-refractivity contribution >= 4 is 12.0 Å². The van der Waals surface area contributed by atoms with E-state index in [0.717, 1.165) is 13.1 Å². The minimum atomic E-state index is -1.16. The number of carbonyl (C=O) groups excluding carboxylic acids is 1. The molecule has 14 heavy (non-hydrogen) atoms. The number of piperazine rings is 1. The van der Waals surface area contributed by atoms with E-state index >= 15 is 0 Å². The molecule has 1 saturated heterocycles. The van der Waals surface area contributed by atoms with E-state index in [9.17, 15) is 9.59 Å². The minimum absolute atomic E-state index is 0.126. The van der Waals surface area contributed by atoms with E-state index in [1.165, 1.54) is 0 Å². The molecule has 2 amide bonds. The molecule has 1 heterocycles. The summed E-state index contributed by atoms with van der Waals surface area (Å²) >= 11 is 0. The lowest BCUT2D eigenvalue weighted by Crippen LogP contribution is -2.49. The SMILES string of the molecule is CN1CCN(C(=O)CNC(=O)O)CC1. The molecule has 0 radical (unpaired) electrons. The van der Waals surface area contributed by atoms with Crippen LogP contribution in [-0.4, -0.2) is 66.7 Å². The molecule has 0 saturated carbocycles. The maximum absolute atomic E-state index is 11.4. The molecule has 0 unspecified atom stereocenters. The fourth-order valence-corrected chi connectivity index (χ4v) is 1.32. The fraction of sp³-hybridized carbons (Fsp3) is 0.750. The molecule has 0 bridgehead atoms. The van der Waals surface area contributed by atoms with Gasteiger partial charge in [-0.05, 0) is 7.05 Å². The van der Waals surface area contributed by atoms with Crippen molar-refractivity contribution in [1.82, 2.24) is 15.1 Å². The van der Waals surface area contributed by atoms with Crippen LogP contribution < -0.4 is 5.32 Å². The third-order valence-electron chi connectivity index (χ3n) is 2.25. The second-order valence-corrected chi connectivity index (χ2v) is 3.34. The summed E-state index contributed by atoms with van der Waals surface area (Å²) in [6.45, 7) is 2.92. The lowest BCUT2D eigenvalue weighted by molar-refractivity contribution is -0.131. The molecule has 1 aliphatic rings. The van der Waals surface area contributed by atoms with E-state index in [4.69, 9.17) is 5.11 Å². The topological polar surface area (TPSA) is 72.9 Å². The Bertz CT molecular complexity index is 224. The Morgan fingerprint density at radius 3 is 2.36 bits per heavy atom. The van der Waals surface area contributed by atoms with E-state index in [1.807, 2.05) is 7.05 Å². The highest BCUT2D eigenvalue weighted by Gasteiger charge is 2.18. The number of amides is 2. The maximum atomic E-state index is 11.4. The molecule has 0 spiro atoms. The van der Waals surface area contributed by atoms with Crippen LogP contribution in [0.25, 0.3) is 0 Å². The Kier molecular flexibility index (Phi) is 3.70. The highest BCUT2D eigenvalue weighted by Crippen LogP contribution is 1.98. The Labute approximate surface area is 82.5 Å². The van der Waals surface area contributed by atoms with Crippen LogP contribution in [0.3, 0.4) is 0 Å². The van der Waals surface area contributed by atoms with Crippen LogP contribution in [0.5, 0.6) is 0 Å². The first-order chi connectivity index (χ1) is 6.59. The lowest BCUT2D eigenvalue weighted by atomic mass is 10.3. The highest BCUT2D eigenvalue weighted by atomic mass is 16.4. The van der Waals surface area contributed by atoms with Crippen LogP contribution in [0.2, 0.25) is 0 Å². The van der Waals surface area contributed by atoms with Crippen LogP contribution in [0.15, 0.2) is 0 Å². The number of hydrogen-bond donors (Lipinski definition) is 2. The lowest BCUT2D eigenvalue weighted by Gasteiger charge is -2.32. The Balaban J connectivity index is 2.27. The van der Waals surface area contributed by atoms with Crippen molar-refractivity contribution in [2.24, 2.45) is 0 Å². The van der Waals surface area contributed by atoms with E-state index in [1.54, 1.807) is 4.90 Å². The second-order valence-electron chi connectivity index (χ2n) is 3.34. The van der Waals surface area contributed by atoms with Crippen molar-refractivity contribution < 1.29 is 14.7 Å². The van der Waals surface area contributed by atoms with Crippen molar-refractivity contribution in [2.75, 3.05) is 39.8 Å². The van der Waals surface area contributed by atoms with Gasteiger partial charge in [-0.2, -0.15) is 0 Å². The summed E-state index contributed by atoms with van der Waals surface area (Å²) in [7, 11) is 2.00. The minimum Gasteiger partial charge on any atom is -0.465 e. The zero-order valence-electron chi connectivity index (χ0n) is 8.19. The third-order valence-corrected chi connectivity index (χ3v) is 2.25. The van der Waals surface area contributed by atoms with E-state index in [0.29, 0.717) is 13.1 Å². The van der Waals surface area contributed by atoms with Gasteiger partial charge in [0.25, 0.3) is 0 Å². The first kappa shape index (κ1) is 10.8. The summed E-state index contributed by atoms with van der Waals surface area (Å²) in [5.74, 6) is -0.152. The smallest absolute Gasteiger partial charge is 0.405 e. The number of likely N-dealkylation sites (N-methyl/N-ethyl adjacent to an activating group) is 1. The normalized spacial score (nSPS) is 17.9. The summed E-state index contributed by atoms with van der Waals surface area (Å²) in [5, 5.41) is 10.4. The van der Waals surface area contributed by atoms with Gasteiger partial charge >= 0.3 is 6.09 Å². The number of carbonyl (C=O) groups is 2. The summed E-state index contributed by atoms with van der Waals surface area (Å²) in [4.78, 5) is 25.3. The highest BCUT2D eigenvalue weighted by molar-refractivity contribution is 5.81. The van der Waals surface area contributed by atoms with Crippen LogP contribution >= 0.6 is 0 Å². The fourth-order valence-electron chi connectivity index (χ4n) is 1.32. The molecule has 1 rings (SSSR count). The van der Waals surface area contributed by atoms with Gasteiger partial charge in [0.2, 0.25) is 5.91 Å². The quantitative estimate of drug-likeness (QED) is 0.603. The van der Waals surface area contributed by atoms with Crippen LogP contribution in [0.1, 0.15) is 0 Å². The van der Waals surface area contributed by atoms with Gasteiger partial charge in [0.15, 0.2) is 0 Å². The first-order valence-corrected chi connectivity index (χ1v) is 4.52. The molecule has 0 aromatic rings. The molecule has 1 fully saturated rings. The van der Waals surface area contributed by atoms with Gasteiger partial charge in [0.1, 0.15) is 6.54 Å². The molecule has 80 valence electrons. The van der Waals surface area contributed by atoms with Gasteiger partial charge in [-0.1, -0.05) is 0 Å². The summed E-state index contributed by atoms with van der Waals surface area (Å²) < 4.78 is 0. The number of nitrogens with one attached hydrogen (secondary N) is 1. The average molecular weight is 201 g/mol. The zero-order valence-corrected chi connectivity index (χ0v) is 8.19. The average Bonchev–Trinajstić information content (AvgIpc) is 2.15. The molecular formula is C8H15N3O3. The molecule has 1 aliphatic heterocycles. The van der Waals surface area contributed by atoms with Gasteiger partial charge in [0.05, 0.1) is 0 Å². The van der Waals surface area contributed by atoms with Crippen LogP contribution in [-0.2, 0) is 4.79 Å². The molecule has 2 N–H and O–H groups in total. The van der Waals surface area contributed by atoms with Gasteiger partial charge in [-0.15, -0.1) is 0 Å². The van der Waals surface area contributed by atoms with Crippen molar-refractivity contribution in [3.63, 3.8) is 0 Å². The number of carboxylic acid groups (broad SMARTS) is 1. The molecule has 0 atom stereocenters. The summed E-state index contributed by atoms with van der Waals surface area (Å²) in [5.41, 5.74) is 0. The first-order valence-electron chi connectivity index (χ1n) is 4.52. The van der Waals surface area contributed by atoms with E-state index in [-0.39, 0.29) is 12.5 Å². The maximum Gasteiger partial charge on any atom is 0.405 e. The number of nitrogens with zero attached hydrogens (tertiary/aromatic N) is 2. The molecular weight excluding hydrogens is 186 g/mol. The van der Waals surface area contributed by atoms with E-state index < -0.39 is 6.09 Å². The van der Waals surface area contributed by atoms with Crippen LogP contribution in [0, 0.1) is 0 Å². The predicted octanol–water partition coefficient (Wildman–Crippen LogP) is -0.972.